The molecule has 0 saturated carbocycles. The number of benzene rings is 1. The highest BCUT2D eigenvalue weighted by Crippen LogP contribution is 2.31. The van der Waals surface area contributed by atoms with E-state index in [4.69, 9.17) is 19.8 Å². The molecular formula is C24H31F6N5O7S. The van der Waals surface area contributed by atoms with Crippen LogP contribution in [-0.4, -0.2) is 101 Å². The quantitative estimate of drug-likeness (QED) is 0.384. The van der Waals surface area contributed by atoms with Crippen molar-refractivity contribution in [2.75, 3.05) is 33.7 Å². The predicted molar refractivity (Wildman–Crippen MR) is 139 cm³/mol. The van der Waals surface area contributed by atoms with Crippen LogP contribution in [0.25, 0.3) is 5.69 Å². The zero-order chi connectivity index (χ0) is 33.3. The maximum atomic E-state index is 13.3. The molecule has 19 heteroatoms. The number of hydrogen-bond donors (Lipinski definition) is 3. The molecular weight excluding hydrogens is 616 g/mol. The summed E-state index contributed by atoms with van der Waals surface area (Å²) >= 11 is 0. The fourth-order valence-corrected chi connectivity index (χ4v) is 4.86. The van der Waals surface area contributed by atoms with Crippen LogP contribution < -0.4 is 5.32 Å². The van der Waals surface area contributed by atoms with Gasteiger partial charge < -0.3 is 20.4 Å². The summed E-state index contributed by atoms with van der Waals surface area (Å²) in [7, 11) is 0.191. The largest absolute Gasteiger partial charge is 0.490 e. The van der Waals surface area contributed by atoms with Gasteiger partial charge in [-0.25, -0.2) is 23.0 Å². The number of nitrogens with one attached hydrogen (secondary N) is 1. The molecule has 1 aliphatic heterocycles. The molecule has 1 aromatic heterocycles. The van der Waals surface area contributed by atoms with E-state index < -0.39 is 34.3 Å². The molecule has 0 saturated heterocycles. The molecule has 0 radical (unpaired) electrons. The molecule has 2 aromatic rings. The minimum Gasteiger partial charge on any atom is -0.475 e. The molecule has 12 nitrogen and oxygen atoms in total. The highest BCUT2D eigenvalue weighted by atomic mass is 32.2. The smallest absolute Gasteiger partial charge is 0.475 e. The predicted octanol–water partition coefficient (Wildman–Crippen LogP) is 2.98. The lowest BCUT2D eigenvalue weighted by Gasteiger charge is -2.21. The molecule has 0 spiro atoms. The number of sulfonamides is 1. The summed E-state index contributed by atoms with van der Waals surface area (Å²) in [6, 6.07) is 6.86. The van der Waals surface area contributed by atoms with Gasteiger partial charge in [-0.15, -0.1) is 0 Å². The average Bonchev–Trinajstić information content (AvgIpc) is 3.25. The fraction of sp³-hybridized carbons (Fsp3) is 0.500. The molecule has 0 fully saturated rings. The van der Waals surface area contributed by atoms with E-state index in [1.54, 1.807) is 28.8 Å². The molecule has 0 unspecified atom stereocenters. The maximum Gasteiger partial charge on any atom is 0.490 e. The Bertz CT molecular complexity index is 1350. The Labute approximate surface area is 243 Å². The first-order chi connectivity index (χ1) is 19.6. The van der Waals surface area contributed by atoms with Crippen molar-refractivity contribution in [2.45, 2.75) is 44.1 Å². The topological polar surface area (TPSA) is 162 Å². The van der Waals surface area contributed by atoms with Gasteiger partial charge >= 0.3 is 24.3 Å². The summed E-state index contributed by atoms with van der Waals surface area (Å²) in [6.45, 7) is 5.82. The van der Waals surface area contributed by atoms with E-state index >= 15 is 0 Å². The van der Waals surface area contributed by atoms with Crippen LogP contribution >= 0.6 is 0 Å². The minimum atomic E-state index is -5.08. The van der Waals surface area contributed by atoms with Crippen molar-refractivity contribution in [1.82, 2.24) is 24.1 Å². The van der Waals surface area contributed by atoms with Gasteiger partial charge in [0.05, 0.1) is 17.9 Å². The lowest BCUT2D eigenvalue weighted by atomic mass is 10.1. The Morgan fingerprint density at radius 3 is 2.00 bits per heavy atom. The highest BCUT2D eigenvalue weighted by molar-refractivity contribution is 7.89. The van der Waals surface area contributed by atoms with Crippen LogP contribution in [-0.2, 0) is 26.2 Å². The van der Waals surface area contributed by atoms with E-state index in [-0.39, 0.29) is 23.0 Å². The number of para-hydroxylation sites is 1. The van der Waals surface area contributed by atoms with Crippen molar-refractivity contribution in [2.24, 2.45) is 5.92 Å². The van der Waals surface area contributed by atoms with Crippen molar-refractivity contribution >= 4 is 27.9 Å². The summed E-state index contributed by atoms with van der Waals surface area (Å²) < 4.78 is 93.3. The Hall–Kier alpha value is -3.71. The first-order valence-electron chi connectivity index (χ1n) is 12.3. The summed E-state index contributed by atoms with van der Waals surface area (Å²) in [6.07, 6.45) is -7.89. The highest BCUT2D eigenvalue weighted by Gasteiger charge is 2.39. The summed E-state index contributed by atoms with van der Waals surface area (Å²) in [5.41, 5.74) is 1.38. The van der Waals surface area contributed by atoms with Crippen LogP contribution in [0.5, 0.6) is 0 Å². The number of carboxylic acids is 2. The zero-order valence-corrected chi connectivity index (χ0v) is 24.2. The molecule has 0 atom stereocenters. The first kappa shape index (κ1) is 37.3. The van der Waals surface area contributed by atoms with Gasteiger partial charge in [0.15, 0.2) is 5.69 Å². The molecule has 3 N–H and O–H groups in total. The van der Waals surface area contributed by atoms with Gasteiger partial charge in [0, 0.05) is 19.6 Å². The van der Waals surface area contributed by atoms with E-state index in [1.165, 1.54) is 10.6 Å². The van der Waals surface area contributed by atoms with E-state index in [0.717, 1.165) is 6.42 Å². The molecule has 2 heterocycles. The van der Waals surface area contributed by atoms with Crippen LogP contribution in [0.3, 0.4) is 0 Å². The van der Waals surface area contributed by atoms with Crippen LogP contribution in [0.4, 0.5) is 26.3 Å². The zero-order valence-electron chi connectivity index (χ0n) is 23.4. The van der Waals surface area contributed by atoms with Gasteiger partial charge in [0.1, 0.15) is 11.2 Å². The number of hydrogen-bond acceptors (Lipinski definition) is 7. The van der Waals surface area contributed by atoms with E-state index in [9.17, 15) is 39.6 Å². The first-order valence-corrected chi connectivity index (χ1v) is 13.7. The van der Waals surface area contributed by atoms with Crippen LogP contribution in [0.15, 0.2) is 35.5 Å². The van der Waals surface area contributed by atoms with E-state index in [2.05, 4.69) is 24.1 Å². The minimum absolute atomic E-state index is 0.111. The molecule has 43 heavy (non-hydrogen) atoms. The molecule has 1 aliphatic rings. The molecule has 242 valence electrons. The number of nitrogens with zero attached hydrogens (tertiary/aromatic N) is 4. The monoisotopic (exact) mass is 647 g/mol. The van der Waals surface area contributed by atoms with Crippen molar-refractivity contribution in [1.29, 1.82) is 0 Å². The number of aromatic nitrogens is 2. The number of carbonyl (C=O) groups excluding carboxylic acids is 1. The third kappa shape index (κ3) is 11.1. The Morgan fingerprint density at radius 2 is 1.53 bits per heavy atom. The number of alkyl halides is 6. The van der Waals surface area contributed by atoms with Crippen LogP contribution in [0.2, 0.25) is 0 Å². The van der Waals surface area contributed by atoms with Gasteiger partial charge in [-0.2, -0.15) is 30.6 Å². The number of halogens is 6. The average molecular weight is 648 g/mol. The van der Waals surface area contributed by atoms with E-state index in [1.807, 2.05) is 19.0 Å². The Balaban J connectivity index is 0.000000548. The Morgan fingerprint density at radius 1 is 1.02 bits per heavy atom. The van der Waals surface area contributed by atoms with Crippen LogP contribution in [0.1, 0.15) is 36.5 Å². The number of carbonyl (C=O) groups is 3. The second kappa shape index (κ2) is 15.1. The number of imidazole rings is 1. The standard InChI is InChI=1S/C20H29N5O3S.2C2HF3O2/c1-15(2)9-11-24-13-17-19(20(26)21-10-12-23(3)4)22-14-25(17)16-7-5-6-8-18(16)29(24,27)28;2*3-2(4,5)1(6)7/h5-8,14-15H,9-13H2,1-4H3,(H,21,26);2*(H,6,7). The maximum absolute atomic E-state index is 13.3. The third-order valence-electron chi connectivity index (χ3n) is 5.44. The number of aliphatic carboxylic acids is 2. The second-order valence-electron chi connectivity index (χ2n) is 9.56. The van der Waals surface area contributed by atoms with Crippen LogP contribution in [0, 0.1) is 5.92 Å². The van der Waals surface area contributed by atoms with Crippen molar-refractivity contribution in [3.05, 3.63) is 42.0 Å². The van der Waals surface area contributed by atoms with Gasteiger partial charge in [0.2, 0.25) is 10.0 Å². The molecule has 1 amide bonds. The lowest BCUT2D eigenvalue weighted by Crippen LogP contribution is -2.34. The number of rotatable bonds is 7. The van der Waals surface area contributed by atoms with Gasteiger partial charge in [-0.1, -0.05) is 26.0 Å². The lowest BCUT2D eigenvalue weighted by molar-refractivity contribution is -0.193. The van der Waals surface area contributed by atoms with Crippen molar-refractivity contribution in [3.8, 4) is 5.69 Å². The second-order valence-corrected chi connectivity index (χ2v) is 11.5. The summed E-state index contributed by atoms with van der Waals surface area (Å²) in [4.78, 5) is 37.1. The third-order valence-corrected chi connectivity index (χ3v) is 7.33. The Kier molecular flexibility index (Phi) is 13.1. The molecule has 0 aliphatic carbocycles. The summed E-state index contributed by atoms with van der Waals surface area (Å²) in [5, 5.41) is 17.1. The van der Waals surface area contributed by atoms with E-state index in [0.29, 0.717) is 36.9 Å². The number of fused-ring (bicyclic) bond motifs is 3. The molecule has 3 rings (SSSR count). The number of likely N-dealkylation sites (N-methyl/N-ethyl adjacent to an activating group) is 1. The molecule has 0 bridgehead atoms. The van der Waals surface area contributed by atoms with Crippen molar-refractivity contribution in [3.63, 3.8) is 0 Å². The van der Waals surface area contributed by atoms with Crippen molar-refractivity contribution < 1.29 is 59.4 Å². The van der Waals surface area contributed by atoms with Gasteiger partial charge in [-0.05, 0) is 38.6 Å². The van der Waals surface area contributed by atoms with Gasteiger partial charge in [0.25, 0.3) is 5.91 Å². The van der Waals surface area contributed by atoms with Gasteiger partial charge in [-0.3, -0.25) is 9.36 Å². The SMILES string of the molecule is CC(C)CCN1Cc2c(C(=O)NCCN(C)C)ncn2-c2ccccc2S1(=O)=O.O=C(O)C(F)(F)F.O=C(O)C(F)(F)F. The molecule has 1 aromatic carbocycles. The number of amides is 1. The summed E-state index contributed by atoms with van der Waals surface area (Å²) in [5.74, 6) is -5.44. The fourth-order valence-electron chi connectivity index (χ4n) is 3.27. The number of carboxylic acid groups (broad SMARTS) is 2. The normalized spacial score (nSPS) is 14.3.